The summed E-state index contributed by atoms with van der Waals surface area (Å²) >= 11 is 1.48. The smallest absolute Gasteiger partial charge is 0.152 e. The number of azo groups is 3. The van der Waals surface area contributed by atoms with Crippen molar-refractivity contribution in [2.75, 3.05) is 12.8 Å². The van der Waals surface area contributed by atoms with Crippen LogP contribution in [0.1, 0.15) is 11.1 Å². The summed E-state index contributed by atoms with van der Waals surface area (Å²) in [6.45, 7) is 3.70. The van der Waals surface area contributed by atoms with E-state index in [0.29, 0.717) is 72.5 Å². The number of phenolic OH excluding ortho intramolecular Hbond substituents is 1. The van der Waals surface area contributed by atoms with Crippen molar-refractivity contribution in [2.45, 2.75) is 23.6 Å². The standard InChI is InChI=1S/C31H27N7O8S2/c1-17-12-27(37-38-30-29(48-46-44-41)13-19-7-8-20(32)14-24(19)31(30)39)18(2)11-26(17)36-35-25-10-9-22(16-28(25)42-3)34-33-21-5-4-6-23(15-21)47-45-43-40/h4-16,39-41H,32H2,1-3H3. The fourth-order valence-electron chi connectivity index (χ4n) is 4.36. The van der Waals surface area contributed by atoms with Crippen molar-refractivity contribution >= 4 is 74.7 Å². The van der Waals surface area contributed by atoms with Gasteiger partial charge in [0, 0.05) is 22.0 Å². The third kappa shape index (κ3) is 8.48. The molecule has 0 saturated carbocycles. The van der Waals surface area contributed by atoms with Gasteiger partial charge in [0.05, 0.1) is 58.8 Å². The third-order valence-electron chi connectivity index (χ3n) is 6.69. The zero-order chi connectivity index (χ0) is 34.0. The molecule has 0 spiro atoms. The number of nitrogens with zero attached hydrogens (tertiary/aromatic N) is 6. The summed E-state index contributed by atoms with van der Waals surface area (Å²) < 4.78 is 14.6. The highest BCUT2D eigenvalue weighted by Crippen LogP contribution is 2.45. The molecule has 0 heterocycles. The van der Waals surface area contributed by atoms with Crippen LogP contribution in [0, 0.1) is 13.8 Å². The molecule has 0 amide bonds. The van der Waals surface area contributed by atoms with Crippen molar-refractivity contribution in [3.05, 3.63) is 90.0 Å². The third-order valence-corrected chi connectivity index (χ3v) is 7.89. The number of fused-ring (bicyclic) bond motifs is 1. The Kier molecular flexibility index (Phi) is 11.6. The van der Waals surface area contributed by atoms with E-state index in [9.17, 15) is 5.11 Å². The number of aromatic hydroxyl groups is 1. The maximum atomic E-state index is 11.0. The largest absolute Gasteiger partial charge is 0.505 e. The lowest BCUT2D eigenvalue weighted by Gasteiger charge is -2.10. The first-order valence-corrected chi connectivity index (χ1v) is 15.3. The summed E-state index contributed by atoms with van der Waals surface area (Å²) in [4.78, 5) is 0.996. The van der Waals surface area contributed by atoms with Gasteiger partial charge in [0.25, 0.3) is 0 Å². The molecule has 0 aromatic heterocycles. The van der Waals surface area contributed by atoms with Gasteiger partial charge in [-0.1, -0.05) is 22.2 Å². The fraction of sp³-hybridized carbons (Fsp3) is 0.0968. The van der Waals surface area contributed by atoms with Gasteiger partial charge in [0.15, 0.2) is 5.75 Å². The lowest BCUT2D eigenvalue weighted by Crippen LogP contribution is -1.87. The molecule has 0 unspecified atom stereocenters. The van der Waals surface area contributed by atoms with Gasteiger partial charge in [-0.2, -0.15) is 20.5 Å². The van der Waals surface area contributed by atoms with Gasteiger partial charge in [-0.3, -0.25) is 0 Å². The van der Waals surface area contributed by atoms with E-state index in [0.717, 1.165) is 23.2 Å². The van der Waals surface area contributed by atoms with Gasteiger partial charge in [0.2, 0.25) is 0 Å². The minimum absolute atomic E-state index is 0.0984. The van der Waals surface area contributed by atoms with E-state index in [4.69, 9.17) is 21.0 Å². The summed E-state index contributed by atoms with van der Waals surface area (Å²) in [7, 11) is 1.52. The van der Waals surface area contributed by atoms with Crippen LogP contribution in [-0.2, 0) is 18.7 Å². The fourth-order valence-corrected chi connectivity index (χ4v) is 5.27. The summed E-state index contributed by atoms with van der Waals surface area (Å²) in [5.41, 5.74) is 10.7. The van der Waals surface area contributed by atoms with Crippen LogP contribution in [0.3, 0.4) is 0 Å². The lowest BCUT2D eigenvalue weighted by atomic mass is 10.1. The van der Waals surface area contributed by atoms with E-state index in [1.165, 1.54) is 7.11 Å². The Hall–Kier alpha value is -4.98. The Morgan fingerprint density at radius 3 is 2.04 bits per heavy atom. The van der Waals surface area contributed by atoms with Crippen molar-refractivity contribution < 1.29 is 39.1 Å². The van der Waals surface area contributed by atoms with Crippen LogP contribution in [0.15, 0.2) is 119 Å². The molecule has 5 aromatic rings. The second-order valence-electron chi connectivity index (χ2n) is 9.88. The monoisotopic (exact) mass is 689 g/mol. The lowest BCUT2D eigenvalue weighted by molar-refractivity contribution is -0.432. The molecule has 5 N–H and O–H groups in total. The van der Waals surface area contributed by atoms with Crippen LogP contribution < -0.4 is 10.5 Å². The molecule has 15 nitrogen and oxygen atoms in total. The zero-order valence-electron chi connectivity index (χ0n) is 25.5. The van der Waals surface area contributed by atoms with Crippen LogP contribution in [0.5, 0.6) is 11.5 Å². The number of benzene rings is 5. The second kappa shape index (κ2) is 16.2. The Morgan fingerprint density at radius 2 is 1.33 bits per heavy atom. The van der Waals surface area contributed by atoms with Crippen LogP contribution in [0.25, 0.3) is 10.8 Å². The predicted octanol–water partition coefficient (Wildman–Crippen LogP) is 10.9. The van der Waals surface area contributed by atoms with E-state index in [2.05, 4.69) is 49.4 Å². The number of nitrogens with two attached hydrogens (primary N) is 1. The van der Waals surface area contributed by atoms with Crippen molar-refractivity contribution in [3.63, 3.8) is 0 Å². The van der Waals surface area contributed by atoms with E-state index in [-0.39, 0.29) is 11.4 Å². The van der Waals surface area contributed by atoms with Crippen molar-refractivity contribution in [2.24, 2.45) is 30.7 Å². The molecular weight excluding hydrogens is 663 g/mol. The minimum Gasteiger partial charge on any atom is -0.505 e. The molecule has 0 atom stereocenters. The number of ether oxygens (including phenoxy) is 1. The number of anilines is 1. The molecule has 0 aliphatic heterocycles. The number of rotatable bonds is 13. The van der Waals surface area contributed by atoms with E-state index in [1.807, 2.05) is 19.9 Å². The SMILES string of the molecule is COc1cc(N=Nc2cccc(SOOO)c2)ccc1N=Nc1cc(C)c(N=Nc2c(SOOO)cc3ccc(N)cc3c2O)cc1C. The molecule has 0 saturated heterocycles. The molecule has 17 heteroatoms. The van der Waals surface area contributed by atoms with Crippen LogP contribution in [-0.4, -0.2) is 22.7 Å². The van der Waals surface area contributed by atoms with Gasteiger partial charge in [-0.05, 0) is 91.0 Å². The molecule has 0 bridgehead atoms. The van der Waals surface area contributed by atoms with Crippen molar-refractivity contribution in [1.29, 1.82) is 0 Å². The predicted molar refractivity (Wildman–Crippen MR) is 179 cm³/mol. The van der Waals surface area contributed by atoms with Crippen molar-refractivity contribution in [1.82, 2.24) is 0 Å². The highest BCUT2D eigenvalue weighted by Gasteiger charge is 2.16. The minimum atomic E-state index is -0.165. The second-order valence-corrected chi connectivity index (χ2v) is 11.4. The number of phenols is 1. The first kappa shape index (κ1) is 34.4. The van der Waals surface area contributed by atoms with Gasteiger partial charge < -0.3 is 15.6 Å². The quantitative estimate of drug-likeness (QED) is 0.0300. The highest BCUT2D eigenvalue weighted by atomic mass is 32.2. The van der Waals surface area contributed by atoms with E-state index < -0.39 is 0 Å². The Balaban J connectivity index is 1.36. The van der Waals surface area contributed by atoms with Crippen LogP contribution in [0.4, 0.5) is 39.8 Å². The first-order chi connectivity index (χ1) is 23.3. The number of aryl methyl sites for hydroxylation is 2. The van der Waals surface area contributed by atoms with Gasteiger partial charge >= 0.3 is 0 Å². The van der Waals surface area contributed by atoms with Gasteiger partial charge in [0.1, 0.15) is 17.1 Å². The van der Waals surface area contributed by atoms with Gasteiger partial charge in [-0.15, -0.1) is 18.9 Å². The average Bonchev–Trinajstić information content (AvgIpc) is 3.09. The average molecular weight is 690 g/mol. The Morgan fingerprint density at radius 1 is 0.667 bits per heavy atom. The van der Waals surface area contributed by atoms with Crippen LogP contribution >= 0.6 is 24.1 Å². The molecular formula is C31H27N7O8S2. The topological polar surface area (TPSA) is 207 Å². The molecule has 5 rings (SSSR count). The van der Waals surface area contributed by atoms with Crippen molar-refractivity contribution in [3.8, 4) is 11.5 Å². The molecule has 0 aliphatic rings. The summed E-state index contributed by atoms with van der Waals surface area (Å²) in [6.07, 6.45) is 0. The van der Waals surface area contributed by atoms with E-state index >= 15 is 0 Å². The highest BCUT2D eigenvalue weighted by molar-refractivity contribution is 7.94. The Labute approximate surface area is 281 Å². The molecule has 0 radical (unpaired) electrons. The number of methoxy groups -OCH3 is 1. The molecule has 0 fully saturated rings. The Bertz CT molecular complexity index is 2030. The number of hydrogen-bond acceptors (Lipinski definition) is 17. The first-order valence-electron chi connectivity index (χ1n) is 13.8. The summed E-state index contributed by atoms with van der Waals surface area (Å²) in [5, 5.41) is 62.5. The molecule has 48 heavy (non-hydrogen) atoms. The summed E-state index contributed by atoms with van der Waals surface area (Å²) in [5.74, 6) is 0.274. The number of nitrogen functional groups attached to an aromatic ring is 1. The normalized spacial score (nSPS) is 11.9. The van der Waals surface area contributed by atoms with Crippen LogP contribution in [0.2, 0.25) is 0 Å². The van der Waals surface area contributed by atoms with Gasteiger partial charge in [-0.25, -0.2) is 10.5 Å². The number of hydrogen-bond donors (Lipinski definition) is 4. The molecule has 5 aromatic carbocycles. The maximum absolute atomic E-state index is 11.0. The molecule has 246 valence electrons. The zero-order valence-corrected chi connectivity index (χ0v) is 27.1. The molecule has 0 aliphatic carbocycles. The maximum Gasteiger partial charge on any atom is 0.152 e. The van der Waals surface area contributed by atoms with E-state index in [1.54, 1.807) is 72.8 Å². The summed E-state index contributed by atoms with van der Waals surface area (Å²) in [6, 6.07) is 22.4.